The highest BCUT2D eigenvalue weighted by molar-refractivity contribution is 7.13. The Morgan fingerprint density at radius 1 is 0.969 bits per heavy atom. The highest BCUT2D eigenvalue weighted by Gasteiger charge is 2.22. The number of piperidine rings is 1. The molecule has 7 heteroatoms. The lowest BCUT2D eigenvalue weighted by Gasteiger charge is -2.32. The Morgan fingerprint density at radius 2 is 1.69 bits per heavy atom. The molecule has 1 N–H and O–H groups in total. The molecule has 5 rings (SSSR count). The van der Waals surface area contributed by atoms with E-state index in [0.717, 1.165) is 41.9 Å². The molecular formula is C25H24N4O2S. The molecule has 2 aromatic heterocycles. The van der Waals surface area contributed by atoms with Gasteiger partial charge in [-0.05, 0) is 42.5 Å². The van der Waals surface area contributed by atoms with Crippen molar-refractivity contribution in [2.45, 2.75) is 25.6 Å². The molecule has 1 saturated heterocycles. The first-order valence-corrected chi connectivity index (χ1v) is 11.7. The van der Waals surface area contributed by atoms with Crippen LogP contribution in [-0.2, 0) is 6.67 Å². The third kappa shape index (κ3) is 4.22. The molecule has 2 aromatic carbocycles. The Balaban J connectivity index is 1.30. The van der Waals surface area contributed by atoms with Crippen LogP contribution in [-0.4, -0.2) is 39.7 Å². The minimum absolute atomic E-state index is 0.0305. The molecule has 4 aromatic rings. The van der Waals surface area contributed by atoms with Crippen LogP contribution in [0.3, 0.4) is 0 Å². The summed E-state index contributed by atoms with van der Waals surface area (Å²) in [6.07, 6.45) is 1.69. The van der Waals surface area contributed by atoms with E-state index in [2.05, 4.69) is 10.2 Å². The van der Waals surface area contributed by atoms with Crippen molar-refractivity contribution in [3.05, 3.63) is 88.0 Å². The second-order valence-corrected chi connectivity index (χ2v) is 9.00. The standard InChI is InChI=1S/C25H24N4O2S/c30-24(18-7-2-1-3-8-18)26-19-12-14-28(15-13-19)17-29-25(31)21-10-5-4-9-20(21)23(27-29)22-11-6-16-32-22/h1-11,16,19H,12-15,17H2,(H,26,30). The Kier molecular flexibility index (Phi) is 5.83. The fraction of sp³-hybridized carbons (Fsp3) is 0.240. The SMILES string of the molecule is O=C(NC1CCN(Cn2nc(-c3cccs3)c3ccccc3c2=O)CC1)c1ccccc1. The van der Waals surface area contributed by atoms with Crippen LogP contribution < -0.4 is 10.9 Å². The van der Waals surface area contributed by atoms with Gasteiger partial charge in [0.1, 0.15) is 5.69 Å². The van der Waals surface area contributed by atoms with E-state index in [0.29, 0.717) is 17.6 Å². The smallest absolute Gasteiger partial charge is 0.275 e. The van der Waals surface area contributed by atoms with E-state index in [1.807, 2.05) is 72.1 Å². The van der Waals surface area contributed by atoms with Crippen molar-refractivity contribution in [1.82, 2.24) is 20.0 Å². The first-order valence-electron chi connectivity index (χ1n) is 10.8. The van der Waals surface area contributed by atoms with Crippen molar-refractivity contribution in [3.63, 3.8) is 0 Å². The number of carbonyl (C=O) groups excluding carboxylic acids is 1. The van der Waals surface area contributed by atoms with Gasteiger partial charge in [-0.3, -0.25) is 14.5 Å². The second-order valence-electron chi connectivity index (χ2n) is 8.05. The normalized spacial score (nSPS) is 15.1. The van der Waals surface area contributed by atoms with Gasteiger partial charge in [0.2, 0.25) is 0 Å². The number of nitrogens with one attached hydrogen (secondary N) is 1. The molecule has 1 fully saturated rings. The van der Waals surface area contributed by atoms with Gasteiger partial charge in [0.05, 0.1) is 16.9 Å². The number of amides is 1. The summed E-state index contributed by atoms with van der Waals surface area (Å²) < 4.78 is 1.58. The van der Waals surface area contributed by atoms with Gasteiger partial charge in [-0.1, -0.05) is 42.5 Å². The van der Waals surface area contributed by atoms with Crippen LogP contribution in [0.2, 0.25) is 0 Å². The largest absolute Gasteiger partial charge is 0.349 e. The average molecular weight is 445 g/mol. The molecule has 0 radical (unpaired) electrons. The van der Waals surface area contributed by atoms with Crippen LogP contribution in [0, 0.1) is 0 Å². The Hall–Kier alpha value is -3.29. The summed E-state index contributed by atoms with van der Waals surface area (Å²) in [5, 5.41) is 11.5. The zero-order valence-corrected chi connectivity index (χ0v) is 18.4. The van der Waals surface area contributed by atoms with Gasteiger partial charge in [-0.25, -0.2) is 4.68 Å². The van der Waals surface area contributed by atoms with Gasteiger partial charge in [0.25, 0.3) is 11.5 Å². The van der Waals surface area contributed by atoms with E-state index >= 15 is 0 Å². The number of benzene rings is 2. The summed E-state index contributed by atoms with van der Waals surface area (Å²) in [6, 6.07) is 21.2. The van der Waals surface area contributed by atoms with E-state index in [9.17, 15) is 9.59 Å². The third-order valence-electron chi connectivity index (χ3n) is 5.92. The number of nitrogens with zero attached hydrogens (tertiary/aromatic N) is 3. The maximum atomic E-state index is 13.1. The maximum Gasteiger partial charge on any atom is 0.275 e. The third-order valence-corrected chi connectivity index (χ3v) is 6.79. The molecule has 0 atom stereocenters. The summed E-state index contributed by atoms with van der Waals surface area (Å²) in [6.45, 7) is 2.05. The van der Waals surface area contributed by atoms with Crippen molar-refractivity contribution in [1.29, 1.82) is 0 Å². The Morgan fingerprint density at radius 3 is 2.41 bits per heavy atom. The van der Waals surface area contributed by atoms with E-state index < -0.39 is 0 Å². The van der Waals surface area contributed by atoms with Crippen LogP contribution in [0.25, 0.3) is 21.3 Å². The highest BCUT2D eigenvalue weighted by Crippen LogP contribution is 2.28. The van der Waals surface area contributed by atoms with Crippen molar-refractivity contribution in [2.24, 2.45) is 0 Å². The van der Waals surface area contributed by atoms with Crippen molar-refractivity contribution >= 4 is 28.0 Å². The highest BCUT2D eigenvalue weighted by atomic mass is 32.1. The molecule has 0 saturated carbocycles. The Labute approximate surface area is 190 Å². The number of aromatic nitrogens is 2. The quantitative estimate of drug-likeness (QED) is 0.506. The molecular weight excluding hydrogens is 420 g/mol. The minimum Gasteiger partial charge on any atom is -0.349 e. The van der Waals surface area contributed by atoms with E-state index in [-0.39, 0.29) is 17.5 Å². The minimum atomic E-state index is -0.0691. The first kappa shape index (κ1) is 20.6. The predicted molar refractivity (Wildman–Crippen MR) is 128 cm³/mol. The predicted octanol–water partition coefficient (Wildman–Crippen LogP) is 3.98. The number of fused-ring (bicyclic) bond motifs is 1. The van der Waals surface area contributed by atoms with Crippen molar-refractivity contribution < 1.29 is 4.79 Å². The van der Waals surface area contributed by atoms with Gasteiger partial charge in [-0.15, -0.1) is 11.3 Å². The zero-order chi connectivity index (χ0) is 21.9. The summed E-state index contributed by atoms with van der Waals surface area (Å²) in [4.78, 5) is 28.8. The molecule has 6 nitrogen and oxygen atoms in total. The monoisotopic (exact) mass is 444 g/mol. The van der Waals surface area contributed by atoms with Crippen LogP contribution in [0.1, 0.15) is 23.2 Å². The van der Waals surface area contributed by atoms with Crippen LogP contribution in [0.15, 0.2) is 76.9 Å². The fourth-order valence-electron chi connectivity index (χ4n) is 4.19. The van der Waals surface area contributed by atoms with E-state index in [4.69, 9.17) is 5.10 Å². The lowest BCUT2D eigenvalue weighted by Crippen LogP contribution is -2.46. The molecule has 1 aliphatic heterocycles. The second kappa shape index (κ2) is 9.06. The van der Waals surface area contributed by atoms with Gasteiger partial charge >= 0.3 is 0 Å². The summed E-state index contributed by atoms with van der Waals surface area (Å²) in [7, 11) is 0. The lowest BCUT2D eigenvalue weighted by molar-refractivity contribution is 0.0895. The fourth-order valence-corrected chi connectivity index (χ4v) is 4.92. The molecule has 0 spiro atoms. The maximum absolute atomic E-state index is 13.1. The number of rotatable bonds is 5. The zero-order valence-electron chi connectivity index (χ0n) is 17.6. The molecule has 1 amide bonds. The number of carbonyl (C=O) groups is 1. The van der Waals surface area contributed by atoms with E-state index in [1.54, 1.807) is 16.0 Å². The molecule has 3 heterocycles. The van der Waals surface area contributed by atoms with Crippen LogP contribution in [0.5, 0.6) is 0 Å². The van der Waals surface area contributed by atoms with Gasteiger partial charge in [0, 0.05) is 30.1 Å². The molecule has 0 aliphatic carbocycles. The van der Waals surface area contributed by atoms with Crippen molar-refractivity contribution in [3.8, 4) is 10.6 Å². The topological polar surface area (TPSA) is 67.2 Å². The lowest BCUT2D eigenvalue weighted by atomic mass is 10.0. The van der Waals surface area contributed by atoms with Gasteiger partial charge in [0.15, 0.2) is 0 Å². The molecule has 1 aliphatic rings. The summed E-state index contributed by atoms with van der Waals surface area (Å²) >= 11 is 1.62. The molecule has 32 heavy (non-hydrogen) atoms. The number of thiophene rings is 1. The van der Waals surface area contributed by atoms with Gasteiger partial charge < -0.3 is 5.32 Å². The van der Waals surface area contributed by atoms with Crippen molar-refractivity contribution in [2.75, 3.05) is 13.1 Å². The van der Waals surface area contributed by atoms with Gasteiger partial charge in [-0.2, -0.15) is 5.10 Å². The molecule has 0 unspecified atom stereocenters. The number of likely N-dealkylation sites (tertiary alicyclic amines) is 1. The van der Waals surface area contributed by atoms with E-state index in [1.165, 1.54) is 0 Å². The molecule has 0 bridgehead atoms. The van der Waals surface area contributed by atoms with Crippen LogP contribution >= 0.6 is 11.3 Å². The summed E-state index contributed by atoms with van der Waals surface area (Å²) in [5.74, 6) is -0.0305. The molecule has 162 valence electrons. The number of hydrogen-bond donors (Lipinski definition) is 1. The Bertz CT molecular complexity index is 1280. The number of hydrogen-bond acceptors (Lipinski definition) is 5. The summed E-state index contributed by atoms with van der Waals surface area (Å²) in [5.41, 5.74) is 1.46. The average Bonchev–Trinajstić information content (AvgIpc) is 3.37. The first-order chi connectivity index (χ1) is 15.7. The van der Waals surface area contributed by atoms with Crippen LogP contribution in [0.4, 0.5) is 0 Å².